The number of nitrogens with one attached hydrogen (secondary N) is 2. The summed E-state index contributed by atoms with van der Waals surface area (Å²) < 4.78 is 18.0. The number of carbonyl (C=O) groups excluding carboxylic acids is 2. The summed E-state index contributed by atoms with van der Waals surface area (Å²) in [6.45, 7) is 0.205. The summed E-state index contributed by atoms with van der Waals surface area (Å²) in [5.74, 6) is -0.827. The molecule has 26 heavy (non-hydrogen) atoms. The number of amides is 2. The van der Waals surface area contributed by atoms with Gasteiger partial charge >= 0.3 is 0 Å². The molecule has 0 spiro atoms. The second-order valence-electron chi connectivity index (χ2n) is 5.59. The number of carbonyl (C=O) groups is 2. The molecule has 2 aromatic heterocycles. The minimum absolute atomic E-state index is 0.132. The van der Waals surface area contributed by atoms with Crippen LogP contribution >= 0.6 is 11.3 Å². The molecule has 0 bridgehead atoms. The zero-order valence-corrected chi connectivity index (χ0v) is 14.6. The van der Waals surface area contributed by atoms with Crippen molar-refractivity contribution >= 4 is 23.2 Å². The lowest BCUT2D eigenvalue weighted by molar-refractivity contribution is -0.121. The highest BCUT2D eigenvalue weighted by atomic mass is 32.1. The Bertz CT molecular complexity index is 846. The van der Waals surface area contributed by atoms with Crippen molar-refractivity contribution in [2.45, 2.75) is 12.5 Å². The first-order chi connectivity index (χ1) is 12.6. The van der Waals surface area contributed by atoms with Crippen LogP contribution in [0.1, 0.15) is 33.3 Å². The summed E-state index contributed by atoms with van der Waals surface area (Å²) in [7, 11) is 0. The lowest BCUT2D eigenvalue weighted by Crippen LogP contribution is -2.33. The zero-order chi connectivity index (χ0) is 18.4. The number of hydrogen-bond acceptors (Lipinski definition) is 4. The number of halogens is 1. The zero-order valence-electron chi connectivity index (χ0n) is 13.8. The molecule has 5 nitrogen and oxygen atoms in total. The molecule has 1 aromatic carbocycles. The molecule has 2 heterocycles. The van der Waals surface area contributed by atoms with Crippen LogP contribution in [0, 0.1) is 5.82 Å². The lowest BCUT2D eigenvalue weighted by atomic mass is 10.1. The van der Waals surface area contributed by atoms with Crippen molar-refractivity contribution in [2.75, 3.05) is 6.54 Å². The van der Waals surface area contributed by atoms with E-state index < -0.39 is 0 Å². The first-order valence-electron chi connectivity index (χ1n) is 8.02. The summed E-state index contributed by atoms with van der Waals surface area (Å²) >= 11 is 1.51. The summed E-state index contributed by atoms with van der Waals surface area (Å²) in [5.41, 5.74) is 1.21. The number of rotatable bonds is 7. The molecule has 3 rings (SSSR count). The molecule has 0 aliphatic heterocycles. The Hall–Kier alpha value is -2.93. The van der Waals surface area contributed by atoms with Crippen molar-refractivity contribution < 1.29 is 18.4 Å². The van der Waals surface area contributed by atoms with E-state index in [1.54, 1.807) is 18.2 Å². The maximum absolute atomic E-state index is 13.2. The Balaban J connectivity index is 1.59. The molecule has 0 radical (unpaired) electrons. The van der Waals surface area contributed by atoms with E-state index in [2.05, 4.69) is 10.6 Å². The third-order valence-corrected chi connectivity index (χ3v) is 4.69. The summed E-state index contributed by atoms with van der Waals surface area (Å²) in [5, 5.41) is 7.53. The molecule has 1 atom stereocenters. The smallest absolute Gasteiger partial charge is 0.254 e. The Labute approximate surface area is 153 Å². The quantitative estimate of drug-likeness (QED) is 0.667. The van der Waals surface area contributed by atoms with Gasteiger partial charge in [-0.2, -0.15) is 0 Å². The fourth-order valence-electron chi connectivity index (χ4n) is 2.45. The maximum Gasteiger partial charge on any atom is 0.254 e. The van der Waals surface area contributed by atoms with Crippen molar-refractivity contribution in [3.8, 4) is 0 Å². The van der Waals surface area contributed by atoms with E-state index in [0.29, 0.717) is 5.56 Å². The van der Waals surface area contributed by atoms with E-state index in [1.165, 1.54) is 36.0 Å². The van der Waals surface area contributed by atoms with Crippen molar-refractivity contribution in [2.24, 2.45) is 0 Å². The monoisotopic (exact) mass is 372 g/mol. The second kappa shape index (κ2) is 8.44. The van der Waals surface area contributed by atoms with Crippen LogP contribution < -0.4 is 10.6 Å². The third kappa shape index (κ3) is 4.58. The van der Waals surface area contributed by atoms with Crippen molar-refractivity contribution in [1.29, 1.82) is 0 Å². The first kappa shape index (κ1) is 17.9. The largest absolute Gasteiger partial charge is 0.472 e. The highest BCUT2D eigenvalue weighted by molar-refractivity contribution is 7.10. The predicted molar refractivity (Wildman–Crippen MR) is 96.4 cm³/mol. The van der Waals surface area contributed by atoms with E-state index in [1.807, 2.05) is 17.5 Å². The molecule has 0 fully saturated rings. The molecule has 0 aliphatic rings. The minimum atomic E-state index is -0.354. The van der Waals surface area contributed by atoms with Gasteiger partial charge in [0, 0.05) is 17.8 Å². The van der Waals surface area contributed by atoms with Gasteiger partial charge in [-0.25, -0.2) is 4.39 Å². The average Bonchev–Trinajstić information content (AvgIpc) is 3.34. The Morgan fingerprint density at radius 2 is 1.96 bits per heavy atom. The molecule has 0 saturated carbocycles. The lowest BCUT2D eigenvalue weighted by Gasteiger charge is -2.18. The second-order valence-corrected chi connectivity index (χ2v) is 6.56. The van der Waals surface area contributed by atoms with E-state index in [4.69, 9.17) is 4.42 Å². The highest BCUT2D eigenvalue weighted by Gasteiger charge is 2.18. The normalized spacial score (nSPS) is 11.7. The molecular formula is C19H17FN2O3S. The Morgan fingerprint density at radius 3 is 2.62 bits per heavy atom. The van der Waals surface area contributed by atoms with Crippen molar-refractivity contribution in [3.63, 3.8) is 0 Å². The molecule has 7 heteroatoms. The Morgan fingerprint density at radius 1 is 1.15 bits per heavy atom. The van der Waals surface area contributed by atoms with Gasteiger partial charge < -0.3 is 15.1 Å². The van der Waals surface area contributed by atoms with Gasteiger partial charge in [0.2, 0.25) is 5.91 Å². The number of hydrogen-bond donors (Lipinski definition) is 2. The third-order valence-electron chi connectivity index (χ3n) is 3.76. The van der Waals surface area contributed by atoms with Gasteiger partial charge in [0.25, 0.3) is 5.91 Å². The first-order valence-corrected chi connectivity index (χ1v) is 8.90. The summed E-state index contributed by atoms with van der Waals surface area (Å²) in [6, 6.07) is 11.1. The molecule has 1 unspecified atom stereocenters. The molecule has 0 saturated heterocycles. The summed E-state index contributed by atoms with van der Waals surface area (Å²) in [6.07, 6.45) is 2.89. The van der Waals surface area contributed by atoms with Gasteiger partial charge in [-0.15, -0.1) is 11.3 Å². The van der Waals surface area contributed by atoms with Gasteiger partial charge in [0.15, 0.2) is 0 Å². The van der Waals surface area contributed by atoms with Crippen LogP contribution in [0.2, 0.25) is 0 Å². The van der Waals surface area contributed by atoms with Crippen LogP contribution in [-0.4, -0.2) is 18.4 Å². The molecule has 2 N–H and O–H groups in total. The molecule has 2 amide bonds. The summed E-state index contributed by atoms with van der Waals surface area (Å²) in [4.78, 5) is 25.1. The molecule has 0 aliphatic carbocycles. The van der Waals surface area contributed by atoms with E-state index in [0.717, 1.165) is 10.4 Å². The topological polar surface area (TPSA) is 71.3 Å². The van der Waals surface area contributed by atoms with Gasteiger partial charge in [-0.05, 0) is 35.2 Å². The van der Waals surface area contributed by atoms with Crippen LogP contribution in [0.25, 0.3) is 0 Å². The molecular weight excluding hydrogens is 355 g/mol. The fourth-order valence-corrected chi connectivity index (χ4v) is 3.25. The van der Waals surface area contributed by atoms with Crippen LogP contribution in [0.4, 0.5) is 4.39 Å². The molecule has 3 aromatic rings. The van der Waals surface area contributed by atoms with Gasteiger partial charge in [0.05, 0.1) is 17.9 Å². The average molecular weight is 372 g/mol. The van der Waals surface area contributed by atoms with Crippen molar-refractivity contribution in [1.82, 2.24) is 10.6 Å². The van der Waals surface area contributed by atoms with Crippen molar-refractivity contribution in [3.05, 3.63) is 82.2 Å². The van der Waals surface area contributed by atoms with Gasteiger partial charge in [-0.3, -0.25) is 9.59 Å². The highest BCUT2D eigenvalue weighted by Crippen LogP contribution is 2.26. The van der Waals surface area contributed by atoms with Gasteiger partial charge in [-0.1, -0.05) is 18.2 Å². The Kier molecular flexibility index (Phi) is 5.80. The van der Waals surface area contributed by atoms with Crippen LogP contribution in [0.3, 0.4) is 0 Å². The van der Waals surface area contributed by atoms with E-state index in [-0.39, 0.29) is 36.6 Å². The van der Waals surface area contributed by atoms with Gasteiger partial charge in [0.1, 0.15) is 12.1 Å². The van der Waals surface area contributed by atoms with E-state index in [9.17, 15) is 14.0 Å². The van der Waals surface area contributed by atoms with E-state index >= 15 is 0 Å². The maximum atomic E-state index is 13.2. The fraction of sp³-hybridized carbons (Fsp3) is 0.158. The molecule has 134 valence electrons. The van der Waals surface area contributed by atoms with Crippen LogP contribution in [-0.2, 0) is 4.79 Å². The van der Waals surface area contributed by atoms with Crippen LogP contribution in [0.5, 0.6) is 0 Å². The number of thiophene rings is 1. The SMILES string of the molecule is O=C(CCNC(=O)c1ccoc1)NC(c1ccc(F)cc1)c1cccs1. The van der Waals surface area contributed by atoms with Crippen LogP contribution in [0.15, 0.2) is 64.8 Å². The predicted octanol–water partition coefficient (Wildman–Crippen LogP) is 3.51. The minimum Gasteiger partial charge on any atom is -0.472 e. The number of furan rings is 1. The standard InChI is InChI=1S/C19H17FN2O3S/c20-15-5-3-13(4-6-15)18(16-2-1-11-26-16)22-17(23)7-9-21-19(24)14-8-10-25-12-14/h1-6,8,10-12,18H,7,9H2,(H,21,24)(H,22,23). The number of benzene rings is 1.